The van der Waals surface area contributed by atoms with Crippen LogP contribution in [0.2, 0.25) is 0 Å². The lowest BCUT2D eigenvalue weighted by atomic mass is 10.2. The Labute approximate surface area is 47.0 Å². The van der Waals surface area contributed by atoms with Gasteiger partial charge >= 0.3 is 5.97 Å². The van der Waals surface area contributed by atoms with Gasteiger partial charge in [0.2, 0.25) is 6.04 Å². The highest BCUT2D eigenvalue weighted by Crippen LogP contribution is 1.92. The van der Waals surface area contributed by atoms with E-state index >= 15 is 0 Å². The van der Waals surface area contributed by atoms with Crippen LogP contribution in [0.5, 0.6) is 0 Å². The van der Waals surface area contributed by atoms with Crippen LogP contribution in [0.25, 0.3) is 0 Å². The number of carbonyl (C=O) groups is 1. The third-order valence-corrected chi connectivity index (χ3v) is 0.852. The molecule has 0 radical (unpaired) electrons. The predicted molar refractivity (Wildman–Crippen MR) is 26.1 cm³/mol. The molecule has 0 amide bonds. The molecule has 0 saturated heterocycles. The molecule has 0 aromatic rings. The van der Waals surface area contributed by atoms with Gasteiger partial charge in [-0.3, -0.25) is 0 Å². The third-order valence-electron chi connectivity index (χ3n) is 0.852. The minimum absolute atomic E-state index is 0.450. The number of nitrogens with zero attached hydrogens (tertiary/aromatic N) is 1. The Morgan fingerprint density at radius 3 is 2.50 bits per heavy atom. The van der Waals surface area contributed by atoms with Crippen molar-refractivity contribution in [2.75, 3.05) is 0 Å². The normalized spacial score (nSPS) is 12.6. The van der Waals surface area contributed by atoms with E-state index in [1.54, 1.807) is 6.92 Å². The minimum atomic E-state index is -0.963. The maximum Gasteiger partial charge on any atom is 0.334 e. The summed E-state index contributed by atoms with van der Waals surface area (Å²) < 4.78 is 0. The highest BCUT2D eigenvalue weighted by molar-refractivity contribution is 5.73. The quantitative estimate of drug-likeness (QED) is 0.468. The van der Waals surface area contributed by atoms with Crippen LogP contribution in [0.15, 0.2) is 5.11 Å². The topological polar surface area (TPSA) is 75.2 Å². The Balaban J connectivity index is 3.69. The number of carboxylic acids is 1. The lowest BCUT2D eigenvalue weighted by Gasteiger charge is -1.93. The largest absolute Gasteiger partial charge is 0.479 e. The molecule has 0 bridgehead atoms. The van der Waals surface area contributed by atoms with E-state index in [1.807, 2.05) is 0 Å². The highest BCUT2D eigenvalue weighted by atomic mass is 16.4. The van der Waals surface area contributed by atoms with Gasteiger partial charge in [-0.25, -0.2) is 4.79 Å². The van der Waals surface area contributed by atoms with E-state index in [0.29, 0.717) is 6.42 Å². The predicted octanol–water partition coefficient (Wildman–Crippen LogP) is -0.939. The zero-order chi connectivity index (χ0) is 6.57. The summed E-state index contributed by atoms with van der Waals surface area (Å²) in [6, 6.07) is -0.727. The van der Waals surface area contributed by atoms with Crippen molar-refractivity contribution in [3.8, 4) is 0 Å². The number of aliphatic carboxylic acids is 1. The molecule has 1 atom stereocenters. The molecule has 0 aromatic heterocycles. The molecule has 0 rings (SSSR count). The standard InChI is InChI=1S/C4H8N2O2/c1-2-3(6-5)4(7)8/h3,5H,2H2,1H3,(H,7,8)/p+1/t3-/m1/s1. The van der Waals surface area contributed by atoms with E-state index in [4.69, 9.17) is 10.6 Å². The molecular weight excluding hydrogens is 108 g/mol. The fourth-order valence-corrected chi connectivity index (χ4v) is 0.344. The molecule has 4 nitrogen and oxygen atoms in total. The first kappa shape index (κ1) is 7.07. The molecule has 0 aliphatic carbocycles. The number of hydrogen-bond acceptors (Lipinski definition) is 2. The molecular formula is C4H9N2O2+. The second-order valence-corrected chi connectivity index (χ2v) is 1.41. The maximum absolute atomic E-state index is 9.99. The number of nitrogens with two attached hydrogens (primary N) is 1. The van der Waals surface area contributed by atoms with Gasteiger partial charge in [-0.1, -0.05) is 6.92 Å². The van der Waals surface area contributed by atoms with Crippen LogP contribution in [-0.2, 0) is 4.79 Å². The summed E-state index contributed by atoms with van der Waals surface area (Å²) >= 11 is 0. The number of carboxylic acid groups (broad SMARTS) is 1. The molecule has 0 aliphatic heterocycles. The smallest absolute Gasteiger partial charge is 0.334 e. The Kier molecular flexibility index (Phi) is 2.76. The van der Waals surface area contributed by atoms with E-state index in [-0.39, 0.29) is 0 Å². The van der Waals surface area contributed by atoms with E-state index in [2.05, 4.69) is 5.11 Å². The van der Waals surface area contributed by atoms with Crippen molar-refractivity contribution in [3.63, 3.8) is 0 Å². The average Bonchev–Trinajstić information content (AvgIpc) is 1.69. The molecule has 0 spiro atoms. The molecule has 46 valence electrons. The molecule has 0 aromatic carbocycles. The molecule has 3 N–H and O–H groups in total. The summed E-state index contributed by atoms with van der Waals surface area (Å²) in [5, 5.41) is 11.3. The summed E-state index contributed by atoms with van der Waals surface area (Å²) in [6.07, 6.45) is 0.450. The third kappa shape index (κ3) is 1.68. The first-order chi connectivity index (χ1) is 3.72. The van der Waals surface area contributed by atoms with Gasteiger partial charge in [-0.05, 0) is 11.5 Å². The Bertz CT molecular complexity index is 102. The molecule has 0 aliphatic rings. The van der Waals surface area contributed by atoms with E-state index in [9.17, 15) is 4.79 Å². The van der Waals surface area contributed by atoms with Gasteiger partial charge in [0.05, 0.1) is 0 Å². The van der Waals surface area contributed by atoms with E-state index in [0.717, 1.165) is 0 Å². The van der Waals surface area contributed by atoms with Crippen LogP contribution in [0.4, 0.5) is 0 Å². The molecule has 8 heavy (non-hydrogen) atoms. The number of rotatable bonds is 3. The van der Waals surface area contributed by atoms with Gasteiger partial charge in [-0.15, -0.1) is 0 Å². The summed E-state index contributed by atoms with van der Waals surface area (Å²) in [6.45, 7) is 1.72. The van der Waals surface area contributed by atoms with Crippen molar-refractivity contribution in [3.05, 3.63) is 0 Å². The van der Waals surface area contributed by atoms with Gasteiger partial charge in [0.25, 0.3) is 0 Å². The maximum atomic E-state index is 9.99. The van der Waals surface area contributed by atoms with Crippen molar-refractivity contribution in [1.82, 2.24) is 0 Å². The van der Waals surface area contributed by atoms with E-state index in [1.165, 1.54) is 0 Å². The summed E-state index contributed by atoms with van der Waals surface area (Å²) in [5.74, 6) is -0.963. The van der Waals surface area contributed by atoms with Gasteiger partial charge in [-0.2, -0.15) is 5.53 Å². The Hall–Kier alpha value is -0.930. The van der Waals surface area contributed by atoms with Crippen LogP contribution < -0.4 is 5.53 Å². The summed E-state index contributed by atoms with van der Waals surface area (Å²) in [5.41, 5.74) is 4.73. The van der Waals surface area contributed by atoms with Crippen molar-refractivity contribution >= 4 is 5.97 Å². The van der Waals surface area contributed by atoms with Crippen LogP contribution in [0.3, 0.4) is 0 Å². The van der Waals surface area contributed by atoms with Crippen molar-refractivity contribution < 1.29 is 15.4 Å². The van der Waals surface area contributed by atoms with Crippen molar-refractivity contribution in [1.29, 1.82) is 0 Å². The van der Waals surface area contributed by atoms with Crippen LogP contribution >= 0.6 is 0 Å². The lowest BCUT2D eigenvalue weighted by molar-refractivity contribution is -0.229. The summed E-state index contributed by atoms with van der Waals surface area (Å²) in [7, 11) is 0. The Morgan fingerprint density at radius 1 is 2.00 bits per heavy atom. The van der Waals surface area contributed by atoms with Gasteiger partial charge < -0.3 is 5.11 Å². The SMILES string of the molecule is CC[C@@H](N=[NH2+])C(=O)O. The highest BCUT2D eigenvalue weighted by Gasteiger charge is 2.14. The Morgan fingerprint density at radius 2 is 2.50 bits per heavy atom. The zero-order valence-electron chi connectivity index (χ0n) is 4.66. The van der Waals surface area contributed by atoms with Gasteiger partial charge in [0.15, 0.2) is 0 Å². The monoisotopic (exact) mass is 117 g/mol. The minimum Gasteiger partial charge on any atom is -0.479 e. The van der Waals surface area contributed by atoms with E-state index < -0.39 is 12.0 Å². The van der Waals surface area contributed by atoms with Crippen molar-refractivity contribution in [2.45, 2.75) is 19.4 Å². The molecule has 4 heteroatoms. The second-order valence-electron chi connectivity index (χ2n) is 1.41. The van der Waals surface area contributed by atoms with Crippen LogP contribution in [-0.4, -0.2) is 17.1 Å². The number of hydrogen-bond donors (Lipinski definition) is 2. The van der Waals surface area contributed by atoms with Gasteiger partial charge in [0.1, 0.15) is 0 Å². The molecule has 0 heterocycles. The fourth-order valence-electron chi connectivity index (χ4n) is 0.344. The molecule has 0 fully saturated rings. The average molecular weight is 117 g/mol. The second kappa shape index (κ2) is 3.12. The van der Waals surface area contributed by atoms with Gasteiger partial charge in [0, 0.05) is 0 Å². The van der Waals surface area contributed by atoms with Crippen LogP contribution in [0, 0.1) is 0 Å². The first-order valence-electron chi connectivity index (χ1n) is 2.35. The summed E-state index contributed by atoms with van der Waals surface area (Å²) in [4.78, 5) is 9.99. The first-order valence-corrected chi connectivity index (χ1v) is 2.35. The lowest BCUT2D eigenvalue weighted by Crippen LogP contribution is -2.32. The van der Waals surface area contributed by atoms with Crippen molar-refractivity contribution in [2.24, 2.45) is 5.11 Å². The fraction of sp³-hybridized carbons (Fsp3) is 0.750. The zero-order valence-corrected chi connectivity index (χ0v) is 4.66. The molecule has 0 saturated carbocycles. The molecule has 0 unspecified atom stereocenters. The van der Waals surface area contributed by atoms with Crippen LogP contribution in [0.1, 0.15) is 13.3 Å².